The summed E-state index contributed by atoms with van der Waals surface area (Å²) in [4.78, 5) is 16.5. The molecule has 0 radical (unpaired) electrons. The van der Waals surface area contributed by atoms with Crippen LogP contribution in [-0.2, 0) is 0 Å². The summed E-state index contributed by atoms with van der Waals surface area (Å²) in [6, 6.07) is 11.4. The van der Waals surface area contributed by atoms with Crippen molar-refractivity contribution in [1.82, 2.24) is 4.98 Å². The fourth-order valence-corrected chi connectivity index (χ4v) is 2.26. The van der Waals surface area contributed by atoms with E-state index in [9.17, 15) is 4.79 Å². The number of para-hydroxylation sites is 1. The highest BCUT2D eigenvalue weighted by atomic mass is 79.9. The minimum atomic E-state index is -0.182. The number of aromatic nitrogens is 1. The Morgan fingerprint density at radius 1 is 1.26 bits per heavy atom. The molecule has 3 nitrogen and oxygen atoms in total. The Morgan fingerprint density at radius 2 is 2.00 bits per heavy atom. The van der Waals surface area contributed by atoms with Crippen LogP contribution in [0, 0.1) is 6.92 Å². The van der Waals surface area contributed by atoms with E-state index in [0.717, 1.165) is 16.8 Å². The van der Waals surface area contributed by atoms with Crippen LogP contribution in [-0.4, -0.2) is 10.9 Å². The maximum atomic E-state index is 12.2. The molecule has 0 aliphatic heterocycles. The largest absolute Gasteiger partial charge is 0.320 e. The number of aryl methyl sites for hydroxylation is 1. The molecule has 0 fully saturated rings. The van der Waals surface area contributed by atoms with Crippen LogP contribution in [0.2, 0.25) is 0 Å². The zero-order valence-corrected chi connectivity index (χ0v) is 12.4. The van der Waals surface area contributed by atoms with E-state index in [2.05, 4.69) is 26.2 Å². The van der Waals surface area contributed by atoms with Gasteiger partial charge in [-0.25, -0.2) is 0 Å². The first-order chi connectivity index (χ1) is 9.09. The number of hydrogen-bond donors (Lipinski definition) is 1. The van der Waals surface area contributed by atoms with Crippen molar-refractivity contribution >= 4 is 27.5 Å². The Labute approximate surface area is 121 Å². The van der Waals surface area contributed by atoms with Crippen LogP contribution in [0.3, 0.4) is 0 Å². The normalized spacial score (nSPS) is 11.9. The predicted molar refractivity (Wildman–Crippen MR) is 80.7 cm³/mol. The zero-order chi connectivity index (χ0) is 13.8. The van der Waals surface area contributed by atoms with E-state index in [1.165, 1.54) is 0 Å². The molecule has 1 aromatic heterocycles. The van der Waals surface area contributed by atoms with Crippen molar-refractivity contribution in [3.63, 3.8) is 0 Å². The fraction of sp³-hybridized carbons (Fsp3) is 0.200. The highest BCUT2D eigenvalue weighted by Crippen LogP contribution is 2.28. The van der Waals surface area contributed by atoms with Crippen molar-refractivity contribution in [2.24, 2.45) is 0 Å². The summed E-state index contributed by atoms with van der Waals surface area (Å²) in [6.45, 7) is 3.90. The summed E-state index contributed by atoms with van der Waals surface area (Å²) in [5.74, 6) is -0.182. The summed E-state index contributed by atoms with van der Waals surface area (Å²) in [6.07, 6.45) is 1.63. The van der Waals surface area contributed by atoms with Crippen molar-refractivity contribution < 1.29 is 4.79 Å². The van der Waals surface area contributed by atoms with E-state index in [1.807, 2.05) is 50.2 Å². The first kappa shape index (κ1) is 13.7. The van der Waals surface area contributed by atoms with Crippen LogP contribution in [0.5, 0.6) is 0 Å². The van der Waals surface area contributed by atoms with Crippen molar-refractivity contribution in [1.29, 1.82) is 0 Å². The molecular weight excluding hydrogens is 304 g/mol. The molecule has 19 heavy (non-hydrogen) atoms. The highest BCUT2D eigenvalue weighted by Gasteiger charge is 2.13. The van der Waals surface area contributed by atoms with Crippen LogP contribution in [0.4, 0.5) is 5.69 Å². The van der Waals surface area contributed by atoms with Gasteiger partial charge in [0.25, 0.3) is 5.91 Å². The molecule has 0 aliphatic rings. The monoisotopic (exact) mass is 318 g/mol. The summed E-state index contributed by atoms with van der Waals surface area (Å²) in [5, 5.41) is 2.92. The number of pyridine rings is 1. The zero-order valence-electron chi connectivity index (χ0n) is 10.9. The molecule has 0 bridgehead atoms. The average Bonchev–Trinajstić information content (AvgIpc) is 2.39. The summed E-state index contributed by atoms with van der Waals surface area (Å²) < 4.78 is 0. The number of nitrogens with one attached hydrogen (secondary N) is 1. The van der Waals surface area contributed by atoms with Crippen LogP contribution in [0.1, 0.15) is 33.4 Å². The minimum absolute atomic E-state index is 0.175. The first-order valence-corrected chi connectivity index (χ1v) is 6.97. The van der Waals surface area contributed by atoms with Crippen LogP contribution in [0.25, 0.3) is 0 Å². The summed E-state index contributed by atoms with van der Waals surface area (Å²) in [5.41, 5.74) is 3.18. The van der Waals surface area contributed by atoms with E-state index >= 15 is 0 Å². The fourth-order valence-electron chi connectivity index (χ4n) is 1.86. The van der Waals surface area contributed by atoms with Gasteiger partial charge in [-0.1, -0.05) is 40.2 Å². The Bertz CT molecular complexity index is 596. The Balaban J connectivity index is 2.27. The third-order valence-electron chi connectivity index (χ3n) is 2.86. The third-order valence-corrected chi connectivity index (χ3v) is 3.36. The molecule has 1 aromatic carbocycles. The van der Waals surface area contributed by atoms with E-state index < -0.39 is 0 Å². The van der Waals surface area contributed by atoms with Crippen LogP contribution >= 0.6 is 15.9 Å². The van der Waals surface area contributed by atoms with Gasteiger partial charge >= 0.3 is 0 Å². The van der Waals surface area contributed by atoms with Gasteiger partial charge in [-0.05, 0) is 37.1 Å². The molecule has 0 aliphatic carbocycles. The smallest absolute Gasteiger partial charge is 0.274 e. The molecule has 0 saturated heterocycles. The second-order valence-corrected chi connectivity index (χ2v) is 5.70. The van der Waals surface area contributed by atoms with E-state index in [-0.39, 0.29) is 10.7 Å². The van der Waals surface area contributed by atoms with Gasteiger partial charge in [-0.3, -0.25) is 9.78 Å². The highest BCUT2D eigenvalue weighted by molar-refractivity contribution is 9.09. The molecule has 1 N–H and O–H groups in total. The first-order valence-electron chi connectivity index (χ1n) is 6.05. The lowest BCUT2D eigenvalue weighted by molar-refractivity contribution is 0.102. The van der Waals surface area contributed by atoms with E-state index in [0.29, 0.717) is 5.69 Å². The number of halogens is 1. The van der Waals surface area contributed by atoms with Crippen molar-refractivity contribution in [3.8, 4) is 0 Å². The van der Waals surface area contributed by atoms with Gasteiger partial charge in [0, 0.05) is 16.7 Å². The molecule has 0 saturated carbocycles. The van der Waals surface area contributed by atoms with Gasteiger partial charge < -0.3 is 5.32 Å². The molecule has 0 spiro atoms. The number of amides is 1. The molecule has 1 heterocycles. The van der Waals surface area contributed by atoms with Crippen molar-refractivity contribution in [3.05, 3.63) is 59.4 Å². The van der Waals surface area contributed by atoms with Gasteiger partial charge in [0.15, 0.2) is 0 Å². The Hall–Kier alpha value is -1.68. The topological polar surface area (TPSA) is 42.0 Å². The number of hydrogen-bond acceptors (Lipinski definition) is 2. The number of benzene rings is 1. The number of nitrogens with zero attached hydrogens (tertiary/aromatic N) is 1. The Morgan fingerprint density at radius 3 is 2.68 bits per heavy atom. The second-order valence-electron chi connectivity index (χ2n) is 4.33. The number of carbonyl (C=O) groups is 1. The van der Waals surface area contributed by atoms with E-state index in [4.69, 9.17) is 0 Å². The maximum absolute atomic E-state index is 12.2. The number of carbonyl (C=O) groups excluding carboxylic acids is 1. The second kappa shape index (κ2) is 5.97. The summed E-state index contributed by atoms with van der Waals surface area (Å²) >= 11 is 3.53. The van der Waals surface area contributed by atoms with Crippen LogP contribution < -0.4 is 5.32 Å². The van der Waals surface area contributed by atoms with Gasteiger partial charge in [-0.2, -0.15) is 0 Å². The van der Waals surface area contributed by atoms with Gasteiger partial charge in [-0.15, -0.1) is 0 Å². The lowest BCUT2D eigenvalue weighted by Crippen LogP contribution is -2.16. The molecule has 2 aromatic rings. The molecule has 1 unspecified atom stereocenters. The molecule has 1 amide bonds. The quantitative estimate of drug-likeness (QED) is 0.866. The Kier molecular flexibility index (Phi) is 4.32. The maximum Gasteiger partial charge on any atom is 0.274 e. The number of rotatable bonds is 3. The van der Waals surface area contributed by atoms with Gasteiger partial charge in [0.1, 0.15) is 5.69 Å². The van der Waals surface area contributed by atoms with E-state index in [1.54, 1.807) is 6.20 Å². The lowest BCUT2D eigenvalue weighted by Gasteiger charge is -2.13. The number of alkyl halides is 1. The molecule has 4 heteroatoms. The third kappa shape index (κ3) is 3.20. The standard InChI is InChI=1S/C15H15BrN2O/c1-10-6-5-9-17-14(10)15(19)18-13-8-4-3-7-12(13)11(2)16/h3-9,11H,1-2H3,(H,18,19). The van der Waals surface area contributed by atoms with Crippen molar-refractivity contribution in [2.75, 3.05) is 5.32 Å². The predicted octanol–water partition coefficient (Wildman–Crippen LogP) is 4.10. The molecular formula is C15H15BrN2O. The average molecular weight is 319 g/mol. The minimum Gasteiger partial charge on any atom is -0.320 e. The number of anilines is 1. The van der Waals surface area contributed by atoms with Crippen LogP contribution in [0.15, 0.2) is 42.6 Å². The van der Waals surface area contributed by atoms with Crippen molar-refractivity contribution in [2.45, 2.75) is 18.7 Å². The molecule has 1 atom stereocenters. The molecule has 98 valence electrons. The van der Waals surface area contributed by atoms with Gasteiger partial charge in [0.05, 0.1) is 0 Å². The molecule has 2 rings (SSSR count). The van der Waals surface area contributed by atoms with Gasteiger partial charge in [0.2, 0.25) is 0 Å². The lowest BCUT2D eigenvalue weighted by atomic mass is 10.1. The summed E-state index contributed by atoms with van der Waals surface area (Å²) in [7, 11) is 0. The SMILES string of the molecule is Cc1cccnc1C(=O)Nc1ccccc1C(C)Br.